The molecule has 0 saturated carbocycles. The first-order valence-corrected chi connectivity index (χ1v) is 7.11. The van der Waals surface area contributed by atoms with Gasteiger partial charge >= 0.3 is 0 Å². The van der Waals surface area contributed by atoms with E-state index in [1.165, 1.54) is 0 Å². The highest BCUT2D eigenvalue weighted by Crippen LogP contribution is 2.14. The van der Waals surface area contributed by atoms with E-state index in [4.69, 9.17) is 10.7 Å². The Kier molecular flexibility index (Phi) is 4.36. The van der Waals surface area contributed by atoms with E-state index >= 15 is 0 Å². The van der Waals surface area contributed by atoms with Crippen molar-refractivity contribution in [1.29, 1.82) is 0 Å². The van der Waals surface area contributed by atoms with Crippen molar-refractivity contribution in [3.05, 3.63) is 42.0 Å². The standard InChI is InChI=1S/C11H13ClO2S/c1-10(6-5-9-15(12,13)14)11-7-3-2-4-8-11/h2-4,6-8H,5,9H2,1H3/b10-6+. The number of halogens is 1. The van der Waals surface area contributed by atoms with Gasteiger partial charge in [0, 0.05) is 10.7 Å². The maximum atomic E-state index is 10.7. The highest BCUT2D eigenvalue weighted by molar-refractivity contribution is 8.13. The summed E-state index contributed by atoms with van der Waals surface area (Å²) in [7, 11) is 1.73. The van der Waals surface area contributed by atoms with Gasteiger partial charge in [-0.05, 0) is 24.5 Å². The van der Waals surface area contributed by atoms with Crippen LogP contribution in [0, 0.1) is 0 Å². The quantitative estimate of drug-likeness (QED) is 0.763. The summed E-state index contributed by atoms with van der Waals surface area (Å²) in [6.45, 7) is 1.95. The lowest BCUT2D eigenvalue weighted by molar-refractivity contribution is 0.609. The van der Waals surface area contributed by atoms with Gasteiger partial charge in [0.05, 0.1) is 5.75 Å². The summed E-state index contributed by atoms with van der Waals surface area (Å²) in [5.41, 5.74) is 2.17. The van der Waals surface area contributed by atoms with Crippen molar-refractivity contribution in [1.82, 2.24) is 0 Å². The number of allylic oxidation sites excluding steroid dienone is 2. The van der Waals surface area contributed by atoms with E-state index in [1.54, 1.807) is 0 Å². The van der Waals surface area contributed by atoms with Crippen molar-refractivity contribution in [3.8, 4) is 0 Å². The molecule has 0 aromatic heterocycles. The minimum Gasteiger partial charge on any atom is -0.212 e. The van der Waals surface area contributed by atoms with Gasteiger partial charge in [0.15, 0.2) is 0 Å². The van der Waals surface area contributed by atoms with E-state index in [9.17, 15) is 8.42 Å². The van der Waals surface area contributed by atoms with Crippen molar-refractivity contribution < 1.29 is 8.42 Å². The average Bonchev–Trinajstić information content (AvgIpc) is 2.17. The molecule has 15 heavy (non-hydrogen) atoms. The first-order valence-electron chi connectivity index (χ1n) is 4.63. The van der Waals surface area contributed by atoms with Crippen LogP contribution in [0.25, 0.3) is 5.57 Å². The molecule has 0 atom stereocenters. The van der Waals surface area contributed by atoms with E-state index < -0.39 is 9.05 Å². The lowest BCUT2D eigenvalue weighted by atomic mass is 10.1. The molecule has 0 aliphatic heterocycles. The molecule has 2 nitrogen and oxygen atoms in total. The Bertz CT molecular complexity index is 435. The van der Waals surface area contributed by atoms with Crippen LogP contribution in [0.1, 0.15) is 18.9 Å². The summed E-state index contributed by atoms with van der Waals surface area (Å²) in [4.78, 5) is 0. The first kappa shape index (κ1) is 12.3. The van der Waals surface area contributed by atoms with Crippen LogP contribution in [0.2, 0.25) is 0 Å². The van der Waals surface area contributed by atoms with Gasteiger partial charge < -0.3 is 0 Å². The van der Waals surface area contributed by atoms with Crippen LogP contribution in [0.5, 0.6) is 0 Å². The molecule has 0 heterocycles. The van der Waals surface area contributed by atoms with E-state index in [0.717, 1.165) is 11.1 Å². The summed E-state index contributed by atoms with van der Waals surface area (Å²) >= 11 is 0. The smallest absolute Gasteiger partial charge is 0.212 e. The molecule has 1 aromatic rings. The summed E-state index contributed by atoms with van der Waals surface area (Å²) in [5.74, 6) is -0.0151. The molecule has 0 N–H and O–H groups in total. The van der Waals surface area contributed by atoms with Crippen LogP contribution in [-0.4, -0.2) is 14.2 Å². The van der Waals surface area contributed by atoms with Crippen molar-refractivity contribution in [2.45, 2.75) is 13.3 Å². The van der Waals surface area contributed by atoms with E-state index in [0.29, 0.717) is 6.42 Å². The second-order valence-electron chi connectivity index (χ2n) is 3.28. The molecule has 0 spiro atoms. The number of hydrogen-bond acceptors (Lipinski definition) is 2. The largest absolute Gasteiger partial charge is 0.232 e. The molecule has 0 radical (unpaired) electrons. The lowest BCUT2D eigenvalue weighted by Gasteiger charge is -2.00. The van der Waals surface area contributed by atoms with Gasteiger partial charge in [0.1, 0.15) is 0 Å². The molecular formula is C11H13ClO2S. The Morgan fingerprint density at radius 1 is 1.33 bits per heavy atom. The van der Waals surface area contributed by atoms with Crippen LogP contribution in [0.15, 0.2) is 36.4 Å². The van der Waals surface area contributed by atoms with E-state index in [2.05, 4.69) is 0 Å². The minimum atomic E-state index is -3.37. The lowest BCUT2D eigenvalue weighted by Crippen LogP contribution is -1.95. The van der Waals surface area contributed by atoms with Crippen LogP contribution < -0.4 is 0 Å². The predicted molar refractivity (Wildman–Crippen MR) is 64.3 cm³/mol. The fourth-order valence-electron chi connectivity index (χ4n) is 1.24. The second kappa shape index (κ2) is 5.33. The van der Waals surface area contributed by atoms with Crippen LogP contribution >= 0.6 is 10.7 Å². The zero-order valence-electron chi connectivity index (χ0n) is 8.48. The normalized spacial score (nSPS) is 12.8. The monoisotopic (exact) mass is 244 g/mol. The molecule has 0 unspecified atom stereocenters. The molecule has 0 aliphatic rings. The third-order valence-electron chi connectivity index (χ3n) is 2.04. The molecule has 82 valence electrons. The molecule has 0 amide bonds. The average molecular weight is 245 g/mol. The summed E-state index contributed by atoms with van der Waals surface area (Å²) < 4.78 is 21.4. The fourth-order valence-corrected chi connectivity index (χ4v) is 1.90. The van der Waals surface area contributed by atoms with Gasteiger partial charge in [0.25, 0.3) is 0 Å². The third kappa shape index (κ3) is 5.00. The SMILES string of the molecule is C/C(=C\CCS(=O)(=O)Cl)c1ccccc1. The van der Waals surface area contributed by atoms with Crippen LogP contribution in [-0.2, 0) is 9.05 Å². The molecule has 0 saturated heterocycles. The molecule has 1 aromatic carbocycles. The van der Waals surface area contributed by atoms with Crippen LogP contribution in [0.3, 0.4) is 0 Å². The van der Waals surface area contributed by atoms with Crippen molar-refractivity contribution in [3.63, 3.8) is 0 Å². The maximum Gasteiger partial charge on any atom is 0.232 e. The van der Waals surface area contributed by atoms with Gasteiger partial charge in [-0.25, -0.2) is 8.42 Å². The van der Waals surface area contributed by atoms with Crippen molar-refractivity contribution in [2.24, 2.45) is 0 Å². The Morgan fingerprint density at radius 2 is 1.93 bits per heavy atom. The number of benzene rings is 1. The summed E-state index contributed by atoms with van der Waals surface area (Å²) in [6.07, 6.45) is 2.34. The molecule has 0 bridgehead atoms. The highest BCUT2D eigenvalue weighted by atomic mass is 35.7. The topological polar surface area (TPSA) is 34.1 Å². The fraction of sp³-hybridized carbons (Fsp3) is 0.273. The Hall–Kier alpha value is -0.800. The molecule has 0 aliphatic carbocycles. The Balaban J connectivity index is 2.62. The van der Waals surface area contributed by atoms with Crippen LogP contribution in [0.4, 0.5) is 0 Å². The van der Waals surface area contributed by atoms with Gasteiger partial charge in [-0.3, -0.25) is 0 Å². The minimum absolute atomic E-state index is 0.0151. The predicted octanol–water partition coefficient (Wildman–Crippen LogP) is 3.05. The number of rotatable bonds is 4. The van der Waals surface area contributed by atoms with E-state index in [1.807, 2.05) is 43.3 Å². The van der Waals surface area contributed by atoms with Gasteiger partial charge in [-0.1, -0.05) is 36.4 Å². The number of hydrogen-bond donors (Lipinski definition) is 0. The van der Waals surface area contributed by atoms with E-state index in [-0.39, 0.29) is 5.75 Å². The van der Waals surface area contributed by atoms with Gasteiger partial charge in [-0.2, -0.15) is 0 Å². The summed E-state index contributed by atoms with van der Waals surface area (Å²) in [5, 5.41) is 0. The Morgan fingerprint density at radius 3 is 2.47 bits per heavy atom. The molecule has 1 rings (SSSR count). The van der Waals surface area contributed by atoms with Gasteiger partial charge in [-0.15, -0.1) is 0 Å². The molecule has 0 fully saturated rings. The summed E-state index contributed by atoms with van der Waals surface area (Å²) in [6, 6.07) is 9.82. The van der Waals surface area contributed by atoms with Gasteiger partial charge in [0.2, 0.25) is 9.05 Å². The van der Waals surface area contributed by atoms with Crippen molar-refractivity contribution in [2.75, 3.05) is 5.75 Å². The molecule has 4 heteroatoms. The van der Waals surface area contributed by atoms with Crippen molar-refractivity contribution >= 4 is 25.3 Å². The highest BCUT2D eigenvalue weighted by Gasteiger charge is 2.02. The third-order valence-corrected chi connectivity index (χ3v) is 3.23. The maximum absolute atomic E-state index is 10.7. The zero-order valence-corrected chi connectivity index (χ0v) is 10.1. The second-order valence-corrected chi connectivity index (χ2v) is 6.18. The zero-order chi connectivity index (χ0) is 11.3. The molecular weight excluding hydrogens is 232 g/mol. The first-order chi connectivity index (χ1) is 6.99. The Labute approximate surface area is 95.0 Å².